The molecule has 2 aliphatic heterocycles. The molecule has 0 unspecified atom stereocenters. The molecule has 0 saturated carbocycles. The van der Waals surface area contributed by atoms with Crippen LogP contribution in [0.25, 0.3) is 0 Å². The predicted octanol–water partition coefficient (Wildman–Crippen LogP) is 1.77. The molecule has 6 N–H and O–H groups in total. The zero-order valence-corrected chi connectivity index (χ0v) is 35.7. The zero-order valence-electron chi connectivity index (χ0n) is 34.0. The highest BCUT2D eigenvalue weighted by molar-refractivity contribution is 7.98. The van der Waals surface area contributed by atoms with Gasteiger partial charge in [-0.25, -0.2) is 0 Å². The fourth-order valence-electron chi connectivity index (χ4n) is 7.15. The van der Waals surface area contributed by atoms with Crippen LogP contribution in [-0.2, 0) is 46.4 Å². The molecule has 2 aliphatic rings. The Hall–Kier alpha value is -4.57. The first-order chi connectivity index (χ1) is 27.7. The second-order valence-corrected chi connectivity index (χ2v) is 17.0. The largest absolute Gasteiger partial charge is 0.343 e. The van der Waals surface area contributed by atoms with Gasteiger partial charge in [-0.2, -0.15) is 24.4 Å². The van der Waals surface area contributed by atoms with Gasteiger partial charge in [-0.15, -0.1) is 0 Å². The number of nitrogens with one attached hydrogen (secondary N) is 6. The van der Waals surface area contributed by atoms with Crippen molar-refractivity contribution < 1.29 is 33.6 Å². The van der Waals surface area contributed by atoms with E-state index in [1.807, 2.05) is 80.8 Å². The summed E-state index contributed by atoms with van der Waals surface area (Å²) < 4.78 is 0. The summed E-state index contributed by atoms with van der Waals surface area (Å²) in [6.07, 6.45) is 3.34. The zero-order chi connectivity index (χ0) is 42.4. The minimum Gasteiger partial charge on any atom is -0.343 e. The molecule has 16 heteroatoms. The summed E-state index contributed by atoms with van der Waals surface area (Å²) in [6, 6.07) is 10.6. The summed E-state index contributed by atoms with van der Waals surface area (Å²) in [4.78, 5) is 99.9. The average Bonchev–Trinajstić information content (AvgIpc) is 3.70. The smallest absolute Gasteiger partial charge is 0.246 e. The number of benzene rings is 2. The monoisotopic (exact) mass is 837 g/mol. The van der Waals surface area contributed by atoms with Crippen molar-refractivity contribution in [3.63, 3.8) is 0 Å². The van der Waals surface area contributed by atoms with Gasteiger partial charge in [0, 0.05) is 25.1 Å². The molecule has 58 heavy (non-hydrogen) atoms. The molecule has 4 rings (SSSR count). The van der Waals surface area contributed by atoms with Gasteiger partial charge in [0.15, 0.2) is 0 Å². The van der Waals surface area contributed by atoms with E-state index in [2.05, 4.69) is 44.5 Å². The van der Waals surface area contributed by atoms with Gasteiger partial charge >= 0.3 is 0 Å². The van der Waals surface area contributed by atoms with Crippen molar-refractivity contribution in [1.29, 1.82) is 0 Å². The molecule has 2 aromatic carbocycles. The van der Waals surface area contributed by atoms with Crippen molar-refractivity contribution in [3.05, 3.63) is 71.8 Å². The topological polar surface area (TPSA) is 195 Å². The predicted molar refractivity (Wildman–Crippen MR) is 228 cm³/mol. The number of rotatable bonds is 11. The first-order valence-corrected chi connectivity index (χ1v) is 22.0. The van der Waals surface area contributed by atoms with Gasteiger partial charge in [-0.05, 0) is 60.7 Å². The fourth-order valence-corrected chi connectivity index (χ4v) is 7.87. The Morgan fingerprint density at radius 3 is 1.66 bits per heavy atom. The van der Waals surface area contributed by atoms with Crippen molar-refractivity contribution in [3.8, 4) is 0 Å². The lowest BCUT2D eigenvalue weighted by Crippen LogP contribution is -2.61. The van der Waals surface area contributed by atoms with Crippen LogP contribution < -0.4 is 31.9 Å². The summed E-state index contributed by atoms with van der Waals surface area (Å²) in [7, 11) is 0. The van der Waals surface area contributed by atoms with E-state index < -0.39 is 89.6 Å². The summed E-state index contributed by atoms with van der Waals surface area (Å²) >= 11 is 5.87. The van der Waals surface area contributed by atoms with Gasteiger partial charge < -0.3 is 36.8 Å². The molecule has 2 saturated heterocycles. The molecular weight excluding hydrogens is 779 g/mol. The lowest BCUT2D eigenvalue weighted by molar-refractivity contribution is -0.142. The normalized spacial score (nSPS) is 25.8. The highest BCUT2D eigenvalue weighted by Crippen LogP contribution is 2.20. The fraction of sp³-hybridized carbons (Fsp3) is 0.548. The quantitative estimate of drug-likeness (QED) is 0.167. The van der Waals surface area contributed by atoms with Crippen molar-refractivity contribution in [2.24, 2.45) is 11.8 Å². The van der Waals surface area contributed by atoms with Gasteiger partial charge in [-0.3, -0.25) is 33.6 Å². The van der Waals surface area contributed by atoms with Gasteiger partial charge in [-0.1, -0.05) is 88.4 Å². The van der Waals surface area contributed by atoms with Gasteiger partial charge in [0.1, 0.15) is 42.3 Å². The van der Waals surface area contributed by atoms with Crippen LogP contribution in [0.5, 0.6) is 0 Å². The van der Waals surface area contributed by atoms with Crippen LogP contribution in [0.15, 0.2) is 60.7 Å². The first-order valence-electron chi connectivity index (χ1n) is 20.0. The molecule has 14 nitrogen and oxygen atoms in total. The molecule has 0 radical (unpaired) electrons. The van der Waals surface area contributed by atoms with Crippen LogP contribution in [0.4, 0.5) is 0 Å². The third kappa shape index (κ3) is 13.2. The number of carbonyl (C=O) groups is 7. The number of nitrogens with zero attached hydrogens (tertiary/aromatic N) is 1. The third-order valence-electron chi connectivity index (χ3n) is 10.3. The molecule has 316 valence electrons. The van der Waals surface area contributed by atoms with Crippen LogP contribution in [-0.4, -0.2) is 113 Å². The number of fused-ring (bicyclic) bond motifs is 1. The van der Waals surface area contributed by atoms with E-state index in [1.54, 1.807) is 13.8 Å². The number of thioether (sulfide) groups is 1. The second kappa shape index (κ2) is 22.5. The molecule has 0 aliphatic carbocycles. The number of amides is 7. The number of hydrogen-bond acceptors (Lipinski definition) is 9. The van der Waals surface area contributed by atoms with E-state index in [1.165, 1.54) is 16.7 Å². The maximum Gasteiger partial charge on any atom is 0.246 e. The summed E-state index contributed by atoms with van der Waals surface area (Å²) in [5.74, 6) is -4.21. The van der Waals surface area contributed by atoms with Crippen LogP contribution >= 0.6 is 24.4 Å². The highest BCUT2D eigenvalue weighted by Gasteiger charge is 2.40. The molecular formula is C42H59N7O7S2. The Labute approximate surface area is 351 Å². The first kappa shape index (κ1) is 46.1. The molecule has 7 amide bonds. The van der Waals surface area contributed by atoms with E-state index in [0.29, 0.717) is 18.6 Å². The second-order valence-electron chi connectivity index (χ2n) is 15.7. The van der Waals surface area contributed by atoms with Crippen LogP contribution in [0, 0.1) is 11.8 Å². The molecule has 2 aromatic rings. The Kier molecular flexibility index (Phi) is 17.9. The Morgan fingerprint density at radius 2 is 1.12 bits per heavy atom. The molecule has 0 bridgehead atoms. The van der Waals surface area contributed by atoms with E-state index >= 15 is 0 Å². The van der Waals surface area contributed by atoms with Crippen LogP contribution in [0.3, 0.4) is 0 Å². The van der Waals surface area contributed by atoms with E-state index in [9.17, 15) is 33.6 Å². The van der Waals surface area contributed by atoms with Crippen molar-refractivity contribution in [2.45, 2.75) is 109 Å². The summed E-state index contributed by atoms with van der Waals surface area (Å²) in [6.45, 7) is 7.56. The maximum absolute atomic E-state index is 14.2. The lowest BCUT2D eigenvalue weighted by atomic mass is 9.98. The van der Waals surface area contributed by atoms with Gasteiger partial charge in [0.05, 0.1) is 0 Å². The van der Waals surface area contributed by atoms with E-state index in [0.717, 1.165) is 11.1 Å². The van der Waals surface area contributed by atoms with Crippen molar-refractivity contribution in [1.82, 2.24) is 36.8 Å². The van der Waals surface area contributed by atoms with Crippen molar-refractivity contribution in [2.75, 3.05) is 24.3 Å². The number of hydrogen-bond donors (Lipinski definition) is 7. The molecule has 0 spiro atoms. The average molecular weight is 838 g/mol. The van der Waals surface area contributed by atoms with Gasteiger partial charge in [0.2, 0.25) is 41.4 Å². The number of thiol groups is 1. The lowest BCUT2D eigenvalue weighted by Gasteiger charge is -2.31. The molecule has 7 atom stereocenters. The van der Waals surface area contributed by atoms with Crippen LogP contribution in [0.2, 0.25) is 0 Å². The van der Waals surface area contributed by atoms with Gasteiger partial charge in [0.25, 0.3) is 0 Å². The Balaban J connectivity index is 1.78. The summed E-state index contributed by atoms with van der Waals surface area (Å²) in [5, 5.41) is 17.0. The standard InChI is InChI=1S/C42H59N7O7S2/c1-25(2)21-30-37(51)43-29(18-20-58-5)36(50)47-33(24-57)42(56)49-19-12-17-34(49)40(54)45-32(23-28-15-10-7-11-16-28)39(53)48-35(26(3)4)41(55)46-31(38(52)44-30)22-27-13-8-6-9-14-27/h6-11,13-16,25-26,29-35,57H,12,17-24H2,1-5H3,(H,43,51)(H,44,52)(H,45,54)(H,46,55)(H,47,50)(H,48,53)/t29-,30-,31-,32-,33-,34-,35-/m0/s1. The van der Waals surface area contributed by atoms with Crippen molar-refractivity contribution >= 4 is 65.7 Å². The SMILES string of the molecule is CSCC[C@@H]1NC(=O)[C@H](CC(C)C)NC(=O)[C@H](Cc2ccccc2)NC(=O)[C@H](C(C)C)NC(=O)[C@H](Cc2ccccc2)NC(=O)[C@@H]2CCCN2C(=O)[C@H](CS)NC1=O. The third-order valence-corrected chi connectivity index (χ3v) is 11.3. The maximum atomic E-state index is 14.2. The minimum absolute atomic E-state index is 0.0496. The van der Waals surface area contributed by atoms with Crippen LogP contribution in [0.1, 0.15) is 64.5 Å². The Morgan fingerprint density at radius 1 is 0.638 bits per heavy atom. The molecule has 0 aromatic heterocycles. The highest BCUT2D eigenvalue weighted by atomic mass is 32.2. The summed E-state index contributed by atoms with van der Waals surface area (Å²) in [5.41, 5.74) is 1.50. The minimum atomic E-state index is -1.16. The molecule has 2 fully saturated rings. The Bertz CT molecular complexity index is 1730. The van der Waals surface area contributed by atoms with E-state index in [4.69, 9.17) is 0 Å². The number of carbonyl (C=O) groups excluding carboxylic acids is 7. The molecule has 2 heterocycles. The van der Waals surface area contributed by atoms with E-state index in [-0.39, 0.29) is 43.9 Å².